The zero-order valence-electron chi connectivity index (χ0n) is 9.29. The molecule has 0 radical (unpaired) electrons. The van der Waals surface area contributed by atoms with Crippen LogP contribution >= 0.6 is 0 Å². The Bertz CT molecular complexity index is 517. The van der Waals surface area contributed by atoms with Gasteiger partial charge in [0.1, 0.15) is 0 Å². The number of carbonyl (C=O) groups is 1. The predicted molar refractivity (Wildman–Crippen MR) is 63.5 cm³/mol. The normalized spacial score (nSPS) is 11.6. The van der Waals surface area contributed by atoms with Crippen LogP contribution in [0.1, 0.15) is 12.5 Å². The van der Waals surface area contributed by atoms with Gasteiger partial charge in [-0.15, -0.1) is 0 Å². The molecule has 0 saturated heterocycles. The van der Waals surface area contributed by atoms with Crippen molar-refractivity contribution in [2.75, 3.05) is 6.61 Å². The van der Waals surface area contributed by atoms with E-state index in [9.17, 15) is 13.2 Å². The summed E-state index contributed by atoms with van der Waals surface area (Å²) < 4.78 is 26.7. The van der Waals surface area contributed by atoms with Gasteiger partial charge in [-0.1, -0.05) is 12.1 Å². The molecule has 17 heavy (non-hydrogen) atoms. The van der Waals surface area contributed by atoms with E-state index in [1.807, 2.05) is 0 Å². The average molecular weight is 255 g/mol. The van der Waals surface area contributed by atoms with Crippen molar-refractivity contribution in [3.05, 3.63) is 35.9 Å². The minimum atomic E-state index is -3.68. The first-order valence-electron chi connectivity index (χ1n) is 4.91. The topological polar surface area (TPSA) is 86.5 Å². The van der Waals surface area contributed by atoms with E-state index in [0.29, 0.717) is 12.2 Å². The number of hydrogen-bond donors (Lipinski definition) is 1. The van der Waals surface area contributed by atoms with Gasteiger partial charge in [-0.3, -0.25) is 0 Å². The number of benzene rings is 1. The van der Waals surface area contributed by atoms with Crippen LogP contribution in [0, 0.1) is 0 Å². The van der Waals surface area contributed by atoms with Crippen molar-refractivity contribution in [3.63, 3.8) is 0 Å². The lowest BCUT2D eigenvalue weighted by molar-refractivity contribution is -0.137. The summed E-state index contributed by atoms with van der Waals surface area (Å²) in [6.07, 6.45) is 2.81. The van der Waals surface area contributed by atoms with Gasteiger partial charge in [-0.2, -0.15) is 0 Å². The molecule has 0 spiro atoms. The van der Waals surface area contributed by atoms with E-state index in [1.165, 1.54) is 24.3 Å². The van der Waals surface area contributed by atoms with Gasteiger partial charge in [0, 0.05) is 6.08 Å². The number of sulfonamides is 1. The van der Waals surface area contributed by atoms with Crippen molar-refractivity contribution < 1.29 is 17.9 Å². The summed E-state index contributed by atoms with van der Waals surface area (Å²) in [6.45, 7) is 2.03. The van der Waals surface area contributed by atoms with Crippen molar-refractivity contribution in [1.82, 2.24) is 0 Å². The van der Waals surface area contributed by atoms with Crippen LogP contribution < -0.4 is 5.14 Å². The van der Waals surface area contributed by atoms with Gasteiger partial charge in [0.25, 0.3) is 0 Å². The molecule has 0 heterocycles. The van der Waals surface area contributed by atoms with E-state index in [1.54, 1.807) is 19.1 Å². The Kier molecular flexibility index (Phi) is 4.42. The van der Waals surface area contributed by atoms with Crippen molar-refractivity contribution in [2.45, 2.75) is 11.8 Å². The second kappa shape index (κ2) is 5.60. The molecule has 1 aromatic carbocycles. The molecule has 0 saturated carbocycles. The molecular weight excluding hydrogens is 242 g/mol. The largest absolute Gasteiger partial charge is 0.463 e. The number of esters is 1. The molecule has 0 aliphatic rings. The van der Waals surface area contributed by atoms with Gasteiger partial charge in [0.15, 0.2) is 0 Å². The molecule has 0 amide bonds. The van der Waals surface area contributed by atoms with Crippen LogP contribution in [0.5, 0.6) is 0 Å². The van der Waals surface area contributed by atoms with Gasteiger partial charge >= 0.3 is 5.97 Å². The van der Waals surface area contributed by atoms with Crippen molar-refractivity contribution in [1.29, 1.82) is 0 Å². The molecule has 5 nitrogen and oxygen atoms in total. The Morgan fingerprint density at radius 1 is 1.35 bits per heavy atom. The Labute approximate surface area is 99.9 Å². The molecule has 1 rings (SSSR count). The smallest absolute Gasteiger partial charge is 0.330 e. The number of rotatable bonds is 4. The lowest BCUT2D eigenvalue weighted by atomic mass is 10.2. The first-order valence-corrected chi connectivity index (χ1v) is 6.46. The number of ether oxygens (including phenoxy) is 1. The molecule has 0 unspecified atom stereocenters. The lowest BCUT2D eigenvalue weighted by Crippen LogP contribution is -2.11. The monoisotopic (exact) mass is 255 g/mol. The van der Waals surface area contributed by atoms with Gasteiger partial charge in [0.05, 0.1) is 11.5 Å². The zero-order chi connectivity index (χ0) is 12.9. The molecule has 2 N–H and O–H groups in total. The number of primary sulfonamides is 1. The quantitative estimate of drug-likeness (QED) is 0.640. The highest BCUT2D eigenvalue weighted by atomic mass is 32.2. The van der Waals surface area contributed by atoms with Crippen LogP contribution in [-0.4, -0.2) is 21.0 Å². The summed E-state index contributed by atoms with van der Waals surface area (Å²) in [7, 11) is -3.68. The average Bonchev–Trinajstić information content (AvgIpc) is 2.26. The molecule has 0 aliphatic carbocycles. The number of nitrogens with two attached hydrogens (primary N) is 1. The minimum absolute atomic E-state index is 0.0331. The molecule has 0 fully saturated rings. The fraction of sp³-hybridized carbons (Fsp3) is 0.182. The Morgan fingerprint density at radius 2 is 1.94 bits per heavy atom. The second-order valence-corrected chi connectivity index (χ2v) is 4.76. The summed E-state index contributed by atoms with van der Waals surface area (Å²) in [5.74, 6) is -0.442. The summed E-state index contributed by atoms with van der Waals surface area (Å²) in [6, 6.07) is 5.85. The zero-order valence-corrected chi connectivity index (χ0v) is 10.1. The van der Waals surface area contributed by atoms with E-state index in [-0.39, 0.29) is 4.90 Å². The Morgan fingerprint density at radius 3 is 2.41 bits per heavy atom. The summed E-state index contributed by atoms with van der Waals surface area (Å²) in [5.41, 5.74) is 0.686. The van der Waals surface area contributed by atoms with E-state index in [2.05, 4.69) is 0 Å². The highest BCUT2D eigenvalue weighted by Gasteiger charge is 2.05. The summed E-state index contributed by atoms with van der Waals surface area (Å²) in [4.78, 5) is 11.1. The minimum Gasteiger partial charge on any atom is -0.463 e. The van der Waals surface area contributed by atoms with Crippen LogP contribution in [0.3, 0.4) is 0 Å². The summed E-state index contributed by atoms with van der Waals surface area (Å²) in [5, 5.41) is 4.95. The van der Waals surface area contributed by atoms with Gasteiger partial charge in [0.2, 0.25) is 10.0 Å². The van der Waals surface area contributed by atoms with E-state index in [4.69, 9.17) is 9.88 Å². The van der Waals surface area contributed by atoms with Crippen molar-refractivity contribution in [2.24, 2.45) is 5.14 Å². The SMILES string of the molecule is CCOC(=O)/C=C/c1ccc(S(N)(=O)=O)cc1. The second-order valence-electron chi connectivity index (χ2n) is 3.20. The van der Waals surface area contributed by atoms with Gasteiger partial charge in [-0.05, 0) is 30.7 Å². The van der Waals surface area contributed by atoms with Crippen LogP contribution in [0.25, 0.3) is 6.08 Å². The summed E-state index contributed by atoms with van der Waals surface area (Å²) >= 11 is 0. The van der Waals surface area contributed by atoms with Gasteiger partial charge in [-0.25, -0.2) is 18.4 Å². The molecule has 1 aromatic rings. The highest BCUT2D eigenvalue weighted by Crippen LogP contribution is 2.09. The molecule has 92 valence electrons. The molecule has 0 aromatic heterocycles. The Hall–Kier alpha value is -1.66. The number of hydrogen-bond acceptors (Lipinski definition) is 4. The first kappa shape index (κ1) is 13.4. The highest BCUT2D eigenvalue weighted by molar-refractivity contribution is 7.89. The first-order chi connectivity index (χ1) is 7.93. The van der Waals surface area contributed by atoms with Crippen LogP contribution in [0.2, 0.25) is 0 Å². The maximum atomic E-state index is 11.0. The number of carbonyl (C=O) groups excluding carboxylic acids is 1. The fourth-order valence-electron chi connectivity index (χ4n) is 1.12. The standard InChI is InChI=1S/C11H13NO4S/c1-2-16-11(13)8-5-9-3-6-10(7-4-9)17(12,14)15/h3-8H,2H2,1H3,(H2,12,14,15)/b8-5+. The van der Waals surface area contributed by atoms with E-state index < -0.39 is 16.0 Å². The third-order valence-corrected chi connectivity index (χ3v) is 2.84. The molecule has 0 atom stereocenters. The van der Waals surface area contributed by atoms with Crippen LogP contribution in [-0.2, 0) is 19.6 Å². The van der Waals surface area contributed by atoms with Crippen molar-refractivity contribution >= 4 is 22.1 Å². The van der Waals surface area contributed by atoms with Gasteiger partial charge < -0.3 is 4.74 Å². The molecule has 0 aliphatic heterocycles. The molecule has 0 bridgehead atoms. The maximum Gasteiger partial charge on any atom is 0.330 e. The maximum absolute atomic E-state index is 11.0. The third kappa shape index (κ3) is 4.38. The fourth-order valence-corrected chi connectivity index (χ4v) is 1.64. The Balaban J connectivity index is 2.79. The lowest BCUT2D eigenvalue weighted by Gasteiger charge is -1.98. The predicted octanol–water partition coefficient (Wildman–Crippen LogP) is 0.910. The van der Waals surface area contributed by atoms with Crippen LogP contribution in [0.15, 0.2) is 35.2 Å². The van der Waals surface area contributed by atoms with Crippen LogP contribution in [0.4, 0.5) is 0 Å². The van der Waals surface area contributed by atoms with E-state index >= 15 is 0 Å². The third-order valence-electron chi connectivity index (χ3n) is 1.91. The van der Waals surface area contributed by atoms with E-state index in [0.717, 1.165) is 0 Å². The van der Waals surface area contributed by atoms with Crippen molar-refractivity contribution in [3.8, 4) is 0 Å². The molecular formula is C11H13NO4S. The molecule has 6 heteroatoms.